The van der Waals surface area contributed by atoms with Gasteiger partial charge in [-0.15, -0.1) is 0 Å². The van der Waals surface area contributed by atoms with Gasteiger partial charge in [0.15, 0.2) is 11.5 Å². The molecule has 0 unspecified atom stereocenters. The Morgan fingerprint density at radius 1 is 1.00 bits per heavy atom. The van der Waals surface area contributed by atoms with E-state index in [1.165, 1.54) is 35.2 Å². The van der Waals surface area contributed by atoms with Crippen LogP contribution < -0.4 is 14.2 Å². The lowest BCUT2D eigenvalue weighted by atomic mass is 10.1. The predicted molar refractivity (Wildman–Crippen MR) is 121 cm³/mol. The molecule has 1 aliphatic rings. The Bertz CT molecular complexity index is 1260. The second kappa shape index (κ2) is 9.50. The molecule has 0 aliphatic carbocycles. The van der Waals surface area contributed by atoms with Gasteiger partial charge in [-0.3, -0.25) is 9.52 Å². The minimum atomic E-state index is -3.92. The maximum atomic E-state index is 13.1. The Labute approximate surface area is 191 Å². The Balaban J connectivity index is 1.49. The Morgan fingerprint density at radius 3 is 2.48 bits per heavy atom. The topological polar surface area (TPSA) is 84.9 Å². The van der Waals surface area contributed by atoms with Crippen molar-refractivity contribution in [1.29, 1.82) is 0 Å². The van der Waals surface area contributed by atoms with E-state index in [1.807, 2.05) is 0 Å². The van der Waals surface area contributed by atoms with Crippen LogP contribution >= 0.6 is 0 Å². The number of carbonyl (C=O) groups is 1. The number of sulfonamides is 1. The van der Waals surface area contributed by atoms with Crippen molar-refractivity contribution in [3.8, 4) is 11.5 Å². The molecule has 7 nitrogen and oxygen atoms in total. The summed E-state index contributed by atoms with van der Waals surface area (Å²) in [5.74, 6) is 0.238. The Morgan fingerprint density at radius 2 is 1.73 bits per heavy atom. The van der Waals surface area contributed by atoms with E-state index in [1.54, 1.807) is 43.4 Å². The molecule has 9 heteroatoms. The first-order valence-corrected chi connectivity index (χ1v) is 11.8. The summed E-state index contributed by atoms with van der Waals surface area (Å²) in [6, 6.07) is 16.6. The number of hydrogen-bond acceptors (Lipinski definition) is 5. The number of fused-ring (bicyclic) bond motifs is 1. The van der Waals surface area contributed by atoms with Crippen LogP contribution in [0.5, 0.6) is 11.5 Å². The maximum Gasteiger partial charge on any atom is 0.262 e. The minimum absolute atomic E-state index is 0.0249. The Hall–Kier alpha value is -3.59. The summed E-state index contributed by atoms with van der Waals surface area (Å²) in [7, 11) is -2.29. The fourth-order valence-electron chi connectivity index (χ4n) is 3.40. The summed E-state index contributed by atoms with van der Waals surface area (Å²) >= 11 is 0. The van der Waals surface area contributed by atoms with Crippen molar-refractivity contribution < 1.29 is 27.1 Å². The van der Waals surface area contributed by atoms with Crippen molar-refractivity contribution in [1.82, 2.24) is 4.90 Å². The summed E-state index contributed by atoms with van der Waals surface area (Å²) in [5, 5.41) is 0. The van der Waals surface area contributed by atoms with E-state index in [0.29, 0.717) is 36.7 Å². The molecule has 0 saturated heterocycles. The summed E-state index contributed by atoms with van der Waals surface area (Å²) in [6.45, 7) is 1.24. The number of amides is 1. The van der Waals surface area contributed by atoms with Gasteiger partial charge in [0.25, 0.3) is 15.9 Å². The molecule has 1 heterocycles. The van der Waals surface area contributed by atoms with Crippen molar-refractivity contribution in [2.75, 3.05) is 25.0 Å². The molecule has 1 aliphatic heterocycles. The molecule has 0 fully saturated rings. The minimum Gasteiger partial charge on any atom is -0.490 e. The monoisotopic (exact) mass is 470 g/mol. The van der Waals surface area contributed by atoms with Crippen molar-refractivity contribution >= 4 is 21.6 Å². The zero-order valence-electron chi connectivity index (χ0n) is 18.0. The molecule has 172 valence electrons. The largest absolute Gasteiger partial charge is 0.490 e. The molecule has 0 spiro atoms. The number of benzene rings is 3. The summed E-state index contributed by atoms with van der Waals surface area (Å²) in [6.07, 6.45) is 0.714. The molecule has 1 N–H and O–H groups in total. The average molecular weight is 471 g/mol. The molecule has 0 saturated carbocycles. The van der Waals surface area contributed by atoms with Gasteiger partial charge in [-0.2, -0.15) is 0 Å². The van der Waals surface area contributed by atoms with Gasteiger partial charge in [0.05, 0.1) is 18.1 Å². The number of hydrogen-bond donors (Lipinski definition) is 1. The molecule has 1 amide bonds. The lowest BCUT2D eigenvalue weighted by Gasteiger charge is -2.18. The third-order valence-corrected chi connectivity index (χ3v) is 6.45. The highest BCUT2D eigenvalue weighted by atomic mass is 32.2. The second-order valence-electron chi connectivity index (χ2n) is 7.63. The van der Waals surface area contributed by atoms with E-state index in [0.717, 1.165) is 5.56 Å². The predicted octanol–water partition coefficient (Wildman–Crippen LogP) is 4.06. The molecule has 4 rings (SSSR count). The summed E-state index contributed by atoms with van der Waals surface area (Å²) in [5.41, 5.74) is 1.35. The van der Waals surface area contributed by atoms with Crippen LogP contribution in [0, 0.1) is 5.82 Å². The third kappa shape index (κ3) is 5.43. The lowest BCUT2D eigenvalue weighted by Crippen LogP contribution is -2.26. The highest BCUT2D eigenvalue weighted by Gasteiger charge is 2.20. The van der Waals surface area contributed by atoms with Crippen LogP contribution in [0.2, 0.25) is 0 Å². The fourth-order valence-corrected chi connectivity index (χ4v) is 4.46. The number of anilines is 1. The highest BCUT2D eigenvalue weighted by Crippen LogP contribution is 2.32. The molecule has 0 radical (unpaired) electrons. The maximum absolute atomic E-state index is 13.1. The van der Waals surface area contributed by atoms with Crippen LogP contribution in [0.4, 0.5) is 10.1 Å². The number of halogens is 1. The van der Waals surface area contributed by atoms with Crippen molar-refractivity contribution in [3.63, 3.8) is 0 Å². The van der Waals surface area contributed by atoms with Crippen LogP contribution in [-0.4, -0.2) is 39.5 Å². The van der Waals surface area contributed by atoms with E-state index in [4.69, 9.17) is 9.47 Å². The van der Waals surface area contributed by atoms with Crippen LogP contribution in [0.15, 0.2) is 71.6 Å². The van der Waals surface area contributed by atoms with E-state index < -0.39 is 10.0 Å². The third-order valence-electron chi connectivity index (χ3n) is 5.07. The zero-order chi connectivity index (χ0) is 23.4. The van der Waals surface area contributed by atoms with Gasteiger partial charge in [0.1, 0.15) is 5.82 Å². The second-order valence-corrected chi connectivity index (χ2v) is 9.32. The molecule has 3 aromatic carbocycles. The standard InChI is InChI=1S/C24H23FN2O5S/c1-27(16-17-6-8-19(25)9-7-17)24(28)18-4-2-5-20(14-18)26-33(29,30)21-10-11-22-23(15-21)32-13-3-12-31-22/h2,4-11,14-15,26H,3,12-13,16H2,1H3. The normalized spacial score (nSPS) is 13.2. The molecule has 0 aromatic heterocycles. The molecule has 0 bridgehead atoms. The van der Waals surface area contributed by atoms with E-state index in [2.05, 4.69) is 4.72 Å². The van der Waals surface area contributed by atoms with Gasteiger partial charge in [-0.05, 0) is 48.0 Å². The van der Waals surface area contributed by atoms with Crippen LogP contribution in [0.3, 0.4) is 0 Å². The van der Waals surface area contributed by atoms with Crippen LogP contribution in [0.1, 0.15) is 22.3 Å². The summed E-state index contributed by atoms with van der Waals surface area (Å²) in [4.78, 5) is 14.3. The fraction of sp³-hybridized carbons (Fsp3) is 0.208. The molecule has 33 heavy (non-hydrogen) atoms. The first kappa shape index (κ1) is 22.6. The van der Waals surface area contributed by atoms with E-state index >= 15 is 0 Å². The number of ether oxygens (including phenoxy) is 2. The quantitative estimate of drug-likeness (QED) is 0.587. The number of nitrogens with zero attached hydrogens (tertiary/aromatic N) is 1. The number of rotatable bonds is 6. The van der Waals surface area contributed by atoms with Gasteiger partial charge in [-0.1, -0.05) is 18.2 Å². The van der Waals surface area contributed by atoms with Crippen molar-refractivity contribution in [2.24, 2.45) is 0 Å². The van der Waals surface area contributed by atoms with Crippen LogP contribution in [-0.2, 0) is 16.6 Å². The Kier molecular flexibility index (Phi) is 6.50. The van der Waals surface area contributed by atoms with Gasteiger partial charge in [-0.25, -0.2) is 12.8 Å². The summed E-state index contributed by atoms with van der Waals surface area (Å²) < 4.78 is 52.6. The van der Waals surface area contributed by atoms with Crippen LogP contribution in [0.25, 0.3) is 0 Å². The number of nitrogens with one attached hydrogen (secondary N) is 1. The molecular formula is C24H23FN2O5S. The molecular weight excluding hydrogens is 447 g/mol. The van der Waals surface area contributed by atoms with Gasteiger partial charge in [0.2, 0.25) is 0 Å². The van der Waals surface area contributed by atoms with Gasteiger partial charge in [0, 0.05) is 37.3 Å². The molecule has 3 aromatic rings. The SMILES string of the molecule is CN(Cc1ccc(F)cc1)C(=O)c1cccc(NS(=O)(=O)c2ccc3c(c2)OCCCO3)c1. The van der Waals surface area contributed by atoms with Gasteiger partial charge < -0.3 is 14.4 Å². The van der Waals surface area contributed by atoms with E-state index in [-0.39, 0.29) is 28.9 Å². The first-order valence-electron chi connectivity index (χ1n) is 10.3. The molecule has 0 atom stereocenters. The smallest absolute Gasteiger partial charge is 0.262 e. The number of carbonyl (C=O) groups excluding carboxylic acids is 1. The van der Waals surface area contributed by atoms with Gasteiger partial charge >= 0.3 is 0 Å². The van der Waals surface area contributed by atoms with E-state index in [9.17, 15) is 17.6 Å². The van der Waals surface area contributed by atoms with Crippen molar-refractivity contribution in [3.05, 3.63) is 83.7 Å². The first-order chi connectivity index (χ1) is 15.8. The lowest BCUT2D eigenvalue weighted by molar-refractivity contribution is 0.0785. The average Bonchev–Trinajstić information content (AvgIpc) is 3.05. The zero-order valence-corrected chi connectivity index (χ0v) is 18.8. The van der Waals surface area contributed by atoms with Crippen molar-refractivity contribution in [2.45, 2.75) is 17.9 Å². The highest BCUT2D eigenvalue weighted by molar-refractivity contribution is 7.92.